The first kappa shape index (κ1) is 13.8. The van der Waals surface area contributed by atoms with Gasteiger partial charge in [0.1, 0.15) is 0 Å². The SMILES string of the molecule is O=C(CBr)NCC(c1ccccc1)c1ccccc1. The molecule has 0 saturated heterocycles. The van der Waals surface area contributed by atoms with Crippen molar-refractivity contribution in [1.29, 1.82) is 0 Å². The second-order valence-corrected chi connectivity index (χ2v) is 4.87. The summed E-state index contributed by atoms with van der Waals surface area (Å²) < 4.78 is 0. The van der Waals surface area contributed by atoms with Gasteiger partial charge in [0, 0.05) is 12.5 Å². The fraction of sp³-hybridized carbons (Fsp3) is 0.188. The summed E-state index contributed by atoms with van der Waals surface area (Å²) in [6.45, 7) is 0.610. The molecule has 0 radical (unpaired) electrons. The lowest BCUT2D eigenvalue weighted by atomic mass is 9.91. The van der Waals surface area contributed by atoms with E-state index in [1.807, 2.05) is 36.4 Å². The number of amides is 1. The number of benzene rings is 2. The number of nitrogens with one attached hydrogen (secondary N) is 1. The van der Waals surface area contributed by atoms with Gasteiger partial charge < -0.3 is 5.32 Å². The Labute approximate surface area is 122 Å². The molecule has 0 fully saturated rings. The van der Waals surface area contributed by atoms with Gasteiger partial charge in [-0.1, -0.05) is 76.6 Å². The molecule has 0 heterocycles. The van der Waals surface area contributed by atoms with Crippen LogP contribution in [0.1, 0.15) is 17.0 Å². The average Bonchev–Trinajstić information content (AvgIpc) is 2.49. The molecule has 2 nitrogen and oxygen atoms in total. The van der Waals surface area contributed by atoms with Crippen LogP contribution >= 0.6 is 15.9 Å². The monoisotopic (exact) mass is 317 g/mol. The van der Waals surface area contributed by atoms with Gasteiger partial charge in [0.2, 0.25) is 5.91 Å². The lowest BCUT2D eigenvalue weighted by molar-refractivity contribution is -0.118. The van der Waals surface area contributed by atoms with Gasteiger partial charge >= 0.3 is 0 Å². The zero-order chi connectivity index (χ0) is 13.5. The van der Waals surface area contributed by atoms with Crippen molar-refractivity contribution in [2.45, 2.75) is 5.92 Å². The minimum atomic E-state index is 0.0110. The molecule has 0 saturated carbocycles. The maximum absolute atomic E-state index is 11.4. The number of alkyl halides is 1. The van der Waals surface area contributed by atoms with Crippen molar-refractivity contribution in [3.8, 4) is 0 Å². The summed E-state index contributed by atoms with van der Waals surface area (Å²) in [6.07, 6.45) is 0. The summed E-state index contributed by atoms with van der Waals surface area (Å²) in [6, 6.07) is 20.5. The maximum Gasteiger partial charge on any atom is 0.230 e. The van der Waals surface area contributed by atoms with E-state index in [1.165, 1.54) is 11.1 Å². The Hall–Kier alpha value is -1.61. The van der Waals surface area contributed by atoms with Gasteiger partial charge in [-0.3, -0.25) is 4.79 Å². The molecule has 0 aliphatic rings. The molecule has 2 aromatic carbocycles. The van der Waals surface area contributed by atoms with Crippen molar-refractivity contribution in [1.82, 2.24) is 5.32 Å². The molecule has 98 valence electrons. The molecule has 2 rings (SSSR count). The highest BCUT2D eigenvalue weighted by atomic mass is 79.9. The first-order valence-corrected chi connectivity index (χ1v) is 7.36. The molecule has 1 N–H and O–H groups in total. The molecule has 19 heavy (non-hydrogen) atoms. The Bertz CT molecular complexity index is 473. The van der Waals surface area contributed by atoms with Gasteiger partial charge in [-0.15, -0.1) is 0 Å². The molecular weight excluding hydrogens is 302 g/mol. The Morgan fingerprint density at radius 2 is 1.42 bits per heavy atom. The molecule has 0 bridgehead atoms. The summed E-state index contributed by atoms with van der Waals surface area (Å²) in [5.41, 5.74) is 2.42. The number of hydrogen-bond donors (Lipinski definition) is 1. The fourth-order valence-electron chi connectivity index (χ4n) is 2.06. The van der Waals surface area contributed by atoms with E-state index in [0.29, 0.717) is 11.9 Å². The molecule has 0 aliphatic heterocycles. The zero-order valence-corrected chi connectivity index (χ0v) is 12.1. The highest BCUT2D eigenvalue weighted by molar-refractivity contribution is 9.09. The van der Waals surface area contributed by atoms with Crippen molar-refractivity contribution in [2.75, 3.05) is 11.9 Å². The highest BCUT2D eigenvalue weighted by Crippen LogP contribution is 2.23. The average molecular weight is 318 g/mol. The number of carbonyl (C=O) groups is 1. The predicted octanol–water partition coefficient (Wildman–Crippen LogP) is 3.33. The van der Waals surface area contributed by atoms with Gasteiger partial charge in [-0.2, -0.15) is 0 Å². The number of rotatable bonds is 5. The Morgan fingerprint density at radius 1 is 0.947 bits per heavy atom. The molecule has 0 atom stereocenters. The van der Waals surface area contributed by atoms with E-state index in [-0.39, 0.29) is 11.8 Å². The van der Waals surface area contributed by atoms with E-state index < -0.39 is 0 Å². The van der Waals surface area contributed by atoms with Crippen LogP contribution in [0.4, 0.5) is 0 Å². The Morgan fingerprint density at radius 3 is 1.84 bits per heavy atom. The Balaban J connectivity index is 2.21. The highest BCUT2D eigenvalue weighted by Gasteiger charge is 2.14. The fourth-order valence-corrected chi connectivity index (χ4v) is 2.26. The zero-order valence-electron chi connectivity index (χ0n) is 10.6. The summed E-state index contributed by atoms with van der Waals surface area (Å²) in [7, 11) is 0. The van der Waals surface area contributed by atoms with Gasteiger partial charge in [-0.05, 0) is 11.1 Å². The third-order valence-electron chi connectivity index (χ3n) is 3.03. The second-order valence-electron chi connectivity index (χ2n) is 4.31. The quantitative estimate of drug-likeness (QED) is 0.842. The molecule has 0 unspecified atom stereocenters. The molecule has 1 amide bonds. The minimum Gasteiger partial charge on any atom is -0.354 e. The number of hydrogen-bond acceptors (Lipinski definition) is 1. The smallest absolute Gasteiger partial charge is 0.230 e. The lowest BCUT2D eigenvalue weighted by Crippen LogP contribution is -2.29. The van der Waals surface area contributed by atoms with Crippen LogP contribution in [0.15, 0.2) is 60.7 Å². The van der Waals surface area contributed by atoms with Crippen molar-refractivity contribution in [3.63, 3.8) is 0 Å². The summed E-state index contributed by atoms with van der Waals surface area (Å²) >= 11 is 3.17. The topological polar surface area (TPSA) is 29.1 Å². The van der Waals surface area contributed by atoms with Gasteiger partial charge in [0.05, 0.1) is 5.33 Å². The summed E-state index contributed by atoms with van der Waals surface area (Å²) in [4.78, 5) is 11.4. The maximum atomic E-state index is 11.4. The number of carbonyl (C=O) groups excluding carboxylic acids is 1. The second kappa shape index (κ2) is 7.10. The van der Waals surface area contributed by atoms with E-state index >= 15 is 0 Å². The first-order chi connectivity index (χ1) is 9.31. The molecular formula is C16H16BrNO. The van der Waals surface area contributed by atoms with Gasteiger partial charge in [0.25, 0.3) is 0 Å². The van der Waals surface area contributed by atoms with Crippen molar-refractivity contribution >= 4 is 21.8 Å². The normalized spacial score (nSPS) is 10.4. The third kappa shape index (κ3) is 3.93. The van der Waals surface area contributed by atoms with Crippen LogP contribution < -0.4 is 5.32 Å². The van der Waals surface area contributed by atoms with Crippen LogP contribution in [0.5, 0.6) is 0 Å². The Kier molecular flexibility index (Phi) is 5.16. The van der Waals surface area contributed by atoms with Crippen LogP contribution in [0.25, 0.3) is 0 Å². The van der Waals surface area contributed by atoms with Crippen LogP contribution in [0.3, 0.4) is 0 Å². The van der Waals surface area contributed by atoms with Crippen molar-refractivity contribution in [2.24, 2.45) is 0 Å². The van der Waals surface area contributed by atoms with E-state index in [0.717, 1.165) is 0 Å². The minimum absolute atomic E-state index is 0.0110. The van der Waals surface area contributed by atoms with E-state index in [1.54, 1.807) is 0 Å². The molecule has 0 aromatic heterocycles. The largest absolute Gasteiger partial charge is 0.354 e. The van der Waals surface area contributed by atoms with E-state index in [2.05, 4.69) is 45.5 Å². The third-order valence-corrected chi connectivity index (χ3v) is 3.54. The summed E-state index contributed by atoms with van der Waals surface area (Å²) in [5, 5.41) is 3.28. The molecule has 3 heteroatoms. The predicted molar refractivity (Wildman–Crippen MR) is 81.5 cm³/mol. The van der Waals surface area contributed by atoms with Crippen LogP contribution in [-0.2, 0) is 4.79 Å². The number of halogens is 1. The first-order valence-electron chi connectivity index (χ1n) is 6.24. The van der Waals surface area contributed by atoms with Crippen LogP contribution in [0.2, 0.25) is 0 Å². The van der Waals surface area contributed by atoms with E-state index in [4.69, 9.17) is 0 Å². The standard InChI is InChI=1S/C16H16BrNO/c17-11-16(19)18-12-15(13-7-3-1-4-8-13)14-9-5-2-6-10-14/h1-10,15H,11-12H2,(H,18,19). The van der Waals surface area contributed by atoms with Crippen LogP contribution in [-0.4, -0.2) is 17.8 Å². The molecule has 0 spiro atoms. The molecule has 2 aromatic rings. The lowest BCUT2D eigenvalue weighted by Gasteiger charge is -2.18. The van der Waals surface area contributed by atoms with E-state index in [9.17, 15) is 4.79 Å². The van der Waals surface area contributed by atoms with Crippen molar-refractivity contribution < 1.29 is 4.79 Å². The van der Waals surface area contributed by atoms with Crippen molar-refractivity contribution in [3.05, 3.63) is 71.8 Å². The molecule has 0 aliphatic carbocycles. The van der Waals surface area contributed by atoms with Gasteiger partial charge in [0.15, 0.2) is 0 Å². The van der Waals surface area contributed by atoms with Crippen LogP contribution in [0, 0.1) is 0 Å². The van der Waals surface area contributed by atoms with Gasteiger partial charge in [-0.25, -0.2) is 0 Å². The summed E-state index contributed by atoms with van der Waals surface area (Å²) in [5.74, 6) is 0.197.